The highest BCUT2D eigenvalue weighted by Gasteiger charge is 2.03. The second kappa shape index (κ2) is 6.83. The standard InChI is InChI=1S/C9H16O3/c1-3-4-7-12-9(11)6-5-8(2)10/h3-7H2,1-2H3/p+1. The molecule has 3 heteroatoms. The van der Waals surface area contributed by atoms with Crippen molar-refractivity contribution in [3.05, 3.63) is 0 Å². The average molecular weight is 173 g/mol. The van der Waals surface area contributed by atoms with E-state index in [1.807, 2.05) is 6.92 Å². The molecule has 0 aromatic heterocycles. The monoisotopic (exact) mass is 173 g/mol. The Kier molecular flexibility index (Phi) is 6.34. The minimum absolute atomic E-state index is 0. The van der Waals surface area contributed by atoms with Crippen LogP contribution in [0.1, 0.15) is 41.0 Å². The molecule has 0 spiro atoms. The number of rotatable bonds is 6. The number of carbonyl (C=O) groups excluding carboxylic acids is 2. The van der Waals surface area contributed by atoms with Crippen molar-refractivity contribution in [2.24, 2.45) is 0 Å². The molecule has 0 bridgehead atoms. The summed E-state index contributed by atoms with van der Waals surface area (Å²) in [7, 11) is 0. The molecule has 0 aromatic carbocycles. The second-order valence-corrected chi connectivity index (χ2v) is 2.78. The van der Waals surface area contributed by atoms with E-state index < -0.39 is 0 Å². The second-order valence-electron chi connectivity index (χ2n) is 2.78. The molecule has 0 N–H and O–H groups in total. The van der Waals surface area contributed by atoms with Crippen molar-refractivity contribution in [1.29, 1.82) is 0 Å². The van der Waals surface area contributed by atoms with Gasteiger partial charge in [0.15, 0.2) is 0 Å². The van der Waals surface area contributed by atoms with Gasteiger partial charge in [0.2, 0.25) is 0 Å². The van der Waals surface area contributed by atoms with Gasteiger partial charge in [-0.1, -0.05) is 13.3 Å². The van der Waals surface area contributed by atoms with Crippen LogP contribution in [0.5, 0.6) is 0 Å². The lowest BCUT2D eigenvalue weighted by Gasteiger charge is -2.01. The molecule has 0 atom stereocenters. The Bertz CT molecular complexity index is 157. The summed E-state index contributed by atoms with van der Waals surface area (Å²) in [5.41, 5.74) is 0. The van der Waals surface area contributed by atoms with Gasteiger partial charge in [-0.3, -0.25) is 4.79 Å². The third-order valence-electron chi connectivity index (χ3n) is 1.44. The summed E-state index contributed by atoms with van der Waals surface area (Å²) in [5.74, 6) is -0.235. The zero-order valence-corrected chi connectivity index (χ0v) is 7.76. The molecule has 0 aliphatic carbocycles. The number of ether oxygens (including phenoxy) is 1. The van der Waals surface area contributed by atoms with Crippen molar-refractivity contribution in [3.8, 4) is 0 Å². The molecule has 0 rings (SSSR count). The number of carbonyl (C=O) groups is 2. The highest BCUT2D eigenvalue weighted by Crippen LogP contribution is 1.95. The normalized spacial score (nSPS) is 9.50. The van der Waals surface area contributed by atoms with Crippen LogP contribution in [-0.4, -0.2) is 18.4 Å². The number of unbranched alkanes of at least 4 members (excludes halogenated alkanes) is 1. The van der Waals surface area contributed by atoms with Gasteiger partial charge in [-0.05, 0) is 13.3 Å². The minimum Gasteiger partial charge on any atom is -0.466 e. The summed E-state index contributed by atoms with van der Waals surface area (Å²) in [5, 5.41) is 0. The Morgan fingerprint density at radius 2 is 2.00 bits per heavy atom. The summed E-state index contributed by atoms with van der Waals surface area (Å²) in [6.45, 7) is 3.98. The minimum atomic E-state index is -0.265. The quantitative estimate of drug-likeness (QED) is 0.454. The number of ketones is 1. The zero-order valence-electron chi connectivity index (χ0n) is 8.76. The van der Waals surface area contributed by atoms with E-state index in [0.717, 1.165) is 12.8 Å². The van der Waals surface area contributed by atoms with Crippen LogP contribution in [0.25, 0.3) is 0 Å². The first-order chi connectivity index (χ1) is 5.66. The van der Waals surface area contributed by atoms with Crippen molar-refractivity contribution in [2.75, 3.05) is 6.61 Å². The molecule has 0 saturated heterocycles. The van der Waals surface area contributed by atoms with Crippen LogP contribution in [0.4, 0.5) is 0 Å². The molecule has 0 saturated carbocycles. The van der Waals surface area contributed by atoms with Crippen molar-refractivity contribution in [1.82, 2.24) is 0 Å². The predicted molar refractivity (Wildman–Crippen MR) is 46.9 cm³/mol. The molecule has 0 radical (unpaired) electrons. The molecule has 70 valence electrons. The van der Waals surface area contributed by atoms with Gasteiger partial charge in [0.05, 0.1) is 13.0 Å². The lowest BCUT2D eigenvalue weighted by molar-refractivity contribution is -0.144. The molecule has 3 nitrogen and oxygen atoms in total. The molecule has 0 fully saturated rings. The maximum absolute atomic E-state index is 10.8. The van der Waals surface area contributed by atoms with E-state index in [1.54, 1.807) is 0 Å². The zero-order chi connectivity index (χ0) is 9.40. The summed E-state index contributed by atoms with van der Waals surface area (Å²) in [4.78, 5) is 21.3. The third kappa shape index (κ3) is 7.25. The highest BCUT2D eigenvalue weighted by atomic mass is 16.5. The van der Waals surface area contributed by atoms with E-state index in [9.17, 15) is 9.59 Å². The fourth-order valence-corrected chi connectivity index (χ4v) is 0.681. The third-order valence-corrected chi connectivity index (χ3v) is 1.44. The molecule has 0 heterocycles. The Labute approximate surface area is 74.6 Å². The van der Waals surface area contributed by atoms with E-state index in [-0.39, 0.29) is 19.6 Å². The molecule has 0 aromatic rings. The van der Waals surface area contributed by atoms with Crippen molar-refractivity contribution >= 4 is 11.8 Å². The van der Waals surface area contributed by atoms with E-state index in [0.29, 0.717) is 13.0 Å². The van der Waals surface area contributed by atoms with Gasteiger partial charge in [-0.25, -0.2) is 0 Å². The largest absolute Gasteiger partial charge is 1.00 e. The molecular formula is C9H17O3+. The predicted octanol–water partition coefficient (Wildman–Crippen LogP) is 1.81. The van der Waals surface area contributed by atoms with Crippen LogP contribution in [0, 0.1) is 0 Å². The van der Waals surface area contributed by atoms with Crippen LogP contribution in [0.15, 0.2) is 0 Å². The van der Waals surface area contributed by atoms with Crippen LogP contribution in [0.3, 0.4) is 0 Å². The Morgan fingerprint density at radius 1 is 1.33 bits per heavy atom. The first-order valence-electron chi connectivity index (χ1n) is 4.32. The molecule has 0 amide bonds. The van der Waals surface area contributed by atoms with Crippen LogP contribution in [-0.2, 0) is 14.3 Å². The van der Waals surface area contributed by atoms with E-state index in [1.165, 1.54) is 6.92 Å². The Balaban J connectivity index is 0. The molecule has 0 aliphatic rings. The van der Waals surface area contributed by atoms with Gasteiger partial charge in [0, 0.05) is 6.42 Å². The maximum atomic E-state index is 10.8. The fourth-order valence-electron chi connectivity index (χ4n) is 0.681. The van der Waals surface area contributed by atoms with Crippen LogP contribution >= 0.6 is 0 Å². The Hall–Kier alpha value is -0.860. The summed E-state index contributed by atoms with van der Waals surface area (Å²) in [6, 6.07) is 0. The van der Waals surface area contributed by atoms with Crippen LogP contribution in [0.2, 0.25) is 0 Å². The van der Waals surface area contributed by atoms with E-state index in [4.69, 9.17) is 4.74 Å². The molecule has 0 unspecified atom stereocenters. The van der Waals surface area contributed by atoms with Gasteiger partial charge in [0.25, 0.3) is 0 Å². The molecule has 0 aliphatic heterocycles. The number of hydrogen-bond acceptors (Lipinski definition) is 3. The van der Waals surface area contributed by atoms with Gasteiger partial charge in [-0.2, -0.15) is 0 Å². The van der Waals surface area contributed by atoms with Gasteiger partial charge >= 0.3 is 7.40 Å². The number of esters is 1. The van der Waals surface area contributed by atoms with Gasteiger partial charge in [-0.15, -0.1) is 0 Å². The van der Waals surface area contributed by atoms with Crippen LogP contribution < -0.4 is 0 Å². The van der Waals surface area contributed by atoms with Crippen molar-refractivity contribution in [2.45, 2.75) is 39.5 Å². The average Bonchev–Trinajstić information content (AvgIpc) is 2.01. The lowest BCUT2D eigenvalue weighted by Crippen LogP contribution is -2.07. The molecule has 12 heavy (non-hydrogen) atoms. The summed E-state index contributed by atoms with van der Waals surface area (Å²) < 4.78 is 4.84. The van der Waals surface area contributed by atoms with Gasteiger partial charge < -0.3 is 9.53 Å². The molecular weight excluding hydrogens is 156 g/mol. The number of Topliss-reactive ketones (excluding diaryl/α,β-unsaturated/α-hetero) is 1. The maximum Gasteiger partial charge on any atom is 1.00 e. The Morgan fingerprint density at radius 3 is 2.50 bits per heavy atom. The summed E-state index contributed by atoms with van der Waals surface area (Å²) >= 11 is 0. The van der Waals surface area contributed by atoms with Crippen molar-refractivity contribution in [3.63, 3.8) is 0 Å². The smallest absolute Gasteiger partial charge is 0.466 e. The first kappa shape index (κ1) is 11.1. The summed E-state index contributed by atoms with van der Waals surface area (Å²) in [6.07, 6.45) is 2.43. The van der Waals surface area contributed by atoms with E-state index in [2.05, 4.69) is 0 Å². The number of hydrogen-bond donors (Lipinski definition) is 0. The van der Waals surface area contributed by atoms with Gasteiger partial charge in [0.1, 0.15) is 5.78 Å². The lowest BCUT2D eigenvalue weighted by atomic mass is 10.2. The van der Waals surface area contributed by atoms with E-state index >= 15 is 0 Å². The van der Waals surface area contributed by atoms with Crippen molar-refractivity contribution < 1.29 is 15.8 Å². The fraction of sp³-hybridized carbons (Fsp3) is 0.778. The topological polar surface area (TPSA) is 43.4 Å². The highest BCUT2D eigenvalue weighted by molar-refractivity contribution is 5.80. The first-order valence-corrected chi connectivity index (χ1v) is 4.32. The SMILES string of the molecule is CCCCOC(=O)CCC(C)=O.[H+].